The van der Waals surface area contributed by atoms with Gasteiger partial charge in [0.05, 0.1) is 14.2 Å². The average molecular weight is 454 g/mol. The lowest BCUT2D eigenvalue weighted by molar-refractivity contribution is -0.862. The first kappa shape index (κ1) is 19.2. The van der Waals surface area contributed by atoms with E-state index in [0.29, 0.717) is 11.4 Å². The van der Waals surface area contributed by atoms with Crippen LogP contribution in [0.25, 0.3) is 0 Å². The molecule has 1 unspecified atom stereocenters. The Morgan fingerprint density at radius 1 is 1.00 bits per heavy atom. The first-order valence-electron chi connectivity index (χ1n) is 7.77. The summed E-state index contributed by atoms with van der Waals surface area (Å²) in [6, 6.07) is 14.7. The fourth-order valence-corrected chi connectivity index (χ4v) is 2.61. The van der Waals surface area contributed by atoms with Gasteiger partial charge in [-0.2, -0.15) is 0 Å². The van der Waals surface area contributed by atoms with Crippen molar-refractivity contribution in [1.82, 2.24) is 0 Å². The Bertz CT molecular complexity index is 735. The molecule has 0 heterocycles. The molecule has 3 N–H and O–H groups in total. The molecule has 0 aliphatic carbocycles. The minimum Gasteiger partial charge on any atom is -0.497 e. The largest absolute Gasteiger partial charge is 0.497 e. The normalized spacial score (nSPS) is 11.5. The van der Waals surface area contributed by atoms with Crippen LogP contribution in [0.2, 0.25) is 0 Å². The van der Waals surface area contributed by atoms with Crippen molar-refractivity contribution in [3.05, 3.63) is 52.1 Å². The van der Waals surface area contributed by atoms with Crippen LogP contribution in [-0.4, -0.2) is 39.1 Å². The van der Waals surface area contributed by atoms with Crippen molar-refractivity contribution in [3.8, 4) is 5.75 Å². The molecule has 1 atom stereocenters. The maximum absolute atomic E-state index is 12.1. The van der Waals surface area contributed by atoms with Gasteiger partial charge in [0.25, 0.3) is 11.8 Å². The molecule has 0 fully saturated rings. The number of likely N-dealkylation sites (N-methyl/N-ethyl adjacent to an activating group) is 1. The van der Waals surface area contributed by atoms with Gasteiger partial charge in [-0.15, -0.1) is 0 Å². The van der Waals surface area contributed by atoms with Crippen LogP contribution in [0.5, 0.6) is 5.75 Å². The molecule has 0 aromatic heterocycles. The van der Waals surface area contributed by atoms with Crippen LogP contribution in [0.1, 0.15) is 0 Å². The molecule has 0 radical (unpaired) electrons. The molecule has 0 spiro atoms. The quantitative estimate of drug-likeness (QED) is 0.554. The second-order valence-electron chi connectivity index (χ2n) is 5.65. The van der Waals surface area contributed by atoms with E-state index in [9.17, 15) is 9.59 Å². The van der Waals surface area contributed by atoms with Gasteiger partial charge in [-0.25, -0.2) is 0 Å². The van der Waals surface area contributed by atoms with Crippen LogP contribution < -0.4 is 20.3 Å². The maximum atomic E-state index is 12.1. The van der Waals surface area contributed by atoms with Crippen molar-refractivity contribution in [2.75, 3.05) is 37.9 Å². The zero-order chi connectivity index (χ0) is 18.2. The first-order chi connectivity index (χ1) is 12.0. The summed E-state index contributed by atoms with van der Waals surface area (Å²) in [5.74, 6) is 0.385. The van der Waals surface area contributed by atoms with E-state index >= 15 is 0 Å². The van der Waals surface area contributed by atoms with Crippen molar-refractivity contribution in [1.29, 1.82) is 0 Å². The molecule has 0 saturated carbocycles. The van der Waals surface area contributed by atoms with Crippen LogP contribution in [0.15, 0.2) is 48.5 Å². The number of carbonyl (C=O) groups is 2. The second kappa shape index (κ2) is 9.38. The number of anilines is 2. The van der Waals surface area contributed by atoms with Crippen molar-refractivity contribution in [3.63, 3.8) is 0 Å². The van der Waals surface area contributed by atoms with Gasteiger partial charge < -0.3 is 20.3 Å². The molecule has 2 aromatic rings. The Morgan fingerprint density at radius 3 is 2.20 bits per heavy atom. The predicted octanol–water partition coefficient (Wildman–Crippen LogP) is 1.39. The summed E-state index contributed by atoms with van der Waals surface area (Å²) in [5, 5.41) is 5.63. The van der Waals surface area contributed by atoms with Crippen LogP contribution in [0, 0.1) is 3.57 Å². The van der Waals surface area contributed by atoms with Gasteiger partial charge in [0.1, 0.15) is 5.75 Å². The maximum Gasteiger partial charge on any atom is 0.279 e. The fourth-order valence-electron chi connectivity index (χ4n) is 2.26. The van der Waals surface area contributed by atoms with E-state index in [1.165, 1.54) is 0 Å². The number of benzene rings is 2. The van der Waals surface area contributed by atoms with E-state index in [0.717, 1.165) is 14.2 Å². The average Bonchev–Trinajstić information content (AvgIpc) is 2.56. The number of halogens is 1. The molecule has 2 rings (SSSR count). The third kappa shape index (κ3) is 6.71. The third-order valence-corrected chi connectivity index (χ3v) is 4.13. The molecule has 0 saturated heterocycles. The fraction of sp³-hybridized carbons (Fsp3) is 0.222. The molecule has 0 aliphatic heterocycles. The summed E-state index contributed by atoms with van der Waals surface area (Å²) in [6.07, 6.45) is 0. The number of nitrogens with one attached hydrogen (secondary N) is 3. The smallest absolute Gasteiger partial charge is 0.279 e. The first-order valence-corrected chi connectivity index (χ1v) is 8.85. The number of methoxy groups -OCH3 is 1. The summed E-state index contributed by atoms with van der Waals surface area (Å²) >= 11 is 2.21. The van der Waals surface area contributed by atoms with E-state index in [2.05, 4.69) is 33.2 Å². The van der Waals surface area contributed by atoms with Crippen molar-refractivity contribution in [2.24, 2.45) is 0 Å². The lowest BCUT2D eigenvalue weighted by Crippen LogP contribution is -3.11. The van der Waals surface area contributed by atoms with Gasteiger partial charge in [-0.05, 0) is 59.0 Å². The van der Waals surface area contributed by atoms with Crippen molar-refractivity contribution < 1.29 is 19.2 Å². The molecule has 6 nitrogen and oxygen atoms in total. The monoisotopic (exact) mass is 454 g/mol. The topological polar surface area (TPSA) is 71.9 Å². The van der Waals surface area contributed by atoms with E-state index in [-0.39, 0.29) is 24.9 Å². The SMILES string of the molecule is COc1cccc(NC(=O)C[NH+](C)CC(=O)Nc2ccc(I)cc2)c1. The Kier molecular flexibility index (Phi) is 7.20. The van der Waals surface area contributed by atoms with E-state index in [4.69, 9.17) is 4.74 Å². The standard InChI is InChI=1S/C18H20IN3O3/c1-22(11-17(23)20-14-8-6-13(19)7-9-14)12-18(24)21-15-4-3-5-16(10-15)25-2/h3-10H,11-12H2,1-2H3,(H,20,23)(H,21,24)/p+1. The highest BCUT2D eigenvalue weighted by Gasteiger charge is 2.14. The summed E-state index contributed by atoms with van der Waals surface area (Å²) in [5.41, 5.74) is 1.42. The van der Waals surface area contributed by atoms with Gasteiger partial charge in [0.2, 0.25) is 0 Å². The van der Waals surface area contributed by atoms with Gasteiger partial charge in [-0.1, -0.05) is 6.07 Å². The van der Waals surface area contributed by atoms with Crippen LogP contribution in [-0.2, 0) is 9.59 Å². The number of hydrogen-bond donors (Lipinski definition) is 3. The zero-order valence-corrected chi connectivity index (χ0v) is 16.3. The zero-order valence-electron chi connectivity index (χ0n) is 14.1. The van der Waals surface area contributed by atoms with E-state index < -0.39 is 0 Å². The van der Waals surface area contributed by atoms with E-state index in [1.807, 2.05) is 30.3 Å². The van der Waals surface area contributed by atoms with E-state index in [1.54, 1.807) is 32.4 Å². The predicted molar refractivity (Wildman–Crippen MR) is 106 cm³/mol. The number of carbonyl (C=O) groups excluding carboxylic acids is 2. The third-order valence-electron chi connectivity index (χ3n) is 3.41. The molecule has 132 valence electrons. The lowest BCUT2D eigenvalue weighted by atomic mass is 10.3. The summed E-state index contributed by atoms with van der Waals surface area (Å²) in [4.78, 5) is 24.9. The Labute approximate surface area is 160 Å². The number of amides is 2. The summed E-state index contributed by atoms with van der Waals surface area (Å²) in [7, 11) is 3.38. The van der Waals surface area contributed by atoms with Gasteiger partial charge in [0.15, 0.2) is 13.1 Å². The highest BCUT2D eigenvalue weighted by molar-refractivity contribution is 14.1. The molecule has 0 bridgehead atoms. The molecule has 7 heteroatoms. The molecular weight excluding hydrogens is 433 g/mol. The second-order valence-corrected chi connectivity index (χ2v) is 6.89. The van der Waals surface area contributed by atoms with Crippen molar-refractivity contribution >= 4 is 45.8 Å². The number of hydrogen-bond acceptors (Lipinski definition) is 3. The molecule has 2 aromatic carbocycles. The number of ether oxygens (including phenoxy) is 1. The number of rotatable bonds is 7. The van der Waals surface area contributed by atoms with Crippen LogP contribution in [0.4, 0.5) is 11.4 Å². The van der Waals surface area contributed by atoms with Crippen LogP contribution >= 0.6 is 22.6 Å². The minimum absolute atomic E-state index is 0.132. The minimum atomic E-state index is -0.159. The molecule has 2 amide bonds. The Balaban J connectivity index is 1.80. The van der Waals surface area contributed by atoms with Crippen LogP contribution in [0.3, 0.4) is 0 Å². The van der Waals surface area contributed by atoms with Gasteiger partial charge >= 0.3 is 0 Å². The Morgan fingerprint density at radius 2 is 1.60 bits per heavy atom. The molecular formula is C18H21IN3O3+. The highest BCUT2D eigenvalue weighted by Crippen LogP contribution is 2.16. The van der Waals surface area contributed by atoms with Crippen molar-refractivity contribution in [2.45, 2.75) is 0 Å². The number of quaternary nitrogens is 1. The molecule has 0 aliphatic rings. The lowest BCUT2D eigenvalue weighted by Gasteiger charge is -2.14. The summed E-state index contributed by atoms with van der Waals surface area (Å²) in [6.45, 7) is 0.398. The highest BCUT2D eigenvalue weighted by atomic mass is 127. The van der Waals surface area contributed by atoms with Gasteiger partial charge in [-0.3, -0.25) is 9.59 Å². The van der Waals surface area contributed by atoms with Gasteiger partial charge in [0, 0.05) is 21.0 Å². The Hall–Kier alpha value is -2.13. The molecule has 25 heavy (non-hydrogen) atoms. The summed E-state index contributed by atoms with van der Waals surface area (Å²) < 4.78 is 6.23.